The fraction of sp³-hybridized carbons (Fsp3) is 0.0682. The van der Waals surface area contributed by atoms with Crippen LogP contribution < -0.4 is 10.6 Å². The van der Waals surface area contributed by atoms with Crippen LogP contribution in [0, 0.1) is 11.3 Å². The summed E-state index contributed by atoms with van der Waals surface area (Å²) < 4.78 is 0. The monoisotopic (exact) mass is 603 g/mol. The summed E-state index contributed by atoms with van der Waals surface area (Å²) in [6.07, 6.45) is 1.81. The van der Waals surface area contributed by atoms with Crippen molar-refractivity contribution in [3.8, 4) is 6.07 Å². The number of nitriles is 1. The number of hydrogen-bond donors (Lipinski definition) is 1. The molecular formula is C44H33N3. The Morgan fingerprint density at radius 1 is 0.553 bits per heavy atom. The van der Waals surface area contributed by atoms with Gasteiger partial charge in [-0.05, 0) is 117 Å². The van der Waals surface area contributed by atoms with E-state index in [2.05, 4.69) is 144 Å². The van der Waals surface area contributed by atoms with Crippen molar-refractivity contribution >= 4 is 55.1 Å². The average Bonchev–Trinajstić information content (AvgIpc) is 3.13. The first-order valence-electron chi connectivity index (χ1n) is 16.1. The molecule has 8 rings (SSSR count). The second kappa shape index (κ2) is 12.0. The summed E-state index contributed by atoms with van der Waals surface area (Å²) in [5.74, 6) is 0.289. The van der Waals surface area contributed by atoms with Crippen LogP contribution in [-0.4, -0.2) is 0 Å². The van der Waals surface area contributed by atoms with Crippen molar-refractivity contribution < 1.29 is 0 Å². The van der Waals surface area contributed by atoms with Crippen molar-refractivity contribution in [3.63, 3.8) is 0 Å². The lowest BCUT2D eigenvalue weighted by Crippen LogP contribution is -2.10. The van der Waals surface area contributed by atoms with Gasteiger partial charge in [-0.2, -0.15) is 5.26 Å². The van der Waals surface area contributed by atoms with Gasteiger partial charge in [0.05, 0.1) is 17.3 Å². The van der Waals surface area contributed by atoms with E-state index in [9.17, 15) is 5.26 Å². The van der Waals surface area contributed by atoms with Crippen molar-refractivity contribution in [2.45, 2.75) is 18.8 Å². The average molecular weight is 604 g/mol. The number of nitrogens with zero attached hydrogens (tertiary/aromatic N) is 2. The molecule has 47 heavy (non-hydrogen) atoms. The number of benzene rings is 8. The smallest absolute Gasteiger partial charge is 0.0991 e. The highest BCUT2D eigenvalue weighted by atomic mass is 15.1. The Kier molecular flexibility index (Phi) is 7.25. The molecular weight excluding hydrogens is 571 g/mol. The van der Waals surface area contributed by atoms with Crippen LogP contribution in [0.25, 0.3) is 32.3 Å². The molecule has 1 atom stereocenters. The Morgan fingerprint density at radius 3 is 1.85 bits per heavy atom. The van der Waals surface area contributed by atoms with Gasteiger partial charge >= 0.3 is 0 Å². The summed E-state index contributed by atoms with van der Waals surface area (Å²) in [5, 5.41) is 16.9. The van der Waals surface area contributed by atoms with Gasteiger partial charge in [0.15, 0.2) is 0 Å². The first-order chi connectivity index (χ1) is 23.2. The van der Waals surface area contributed by atoms with E-state index in [-0.39, 0.29) is 5.92 Å². The van der Waals surface area contributed by atoms with Crippen LogP contribution in [0.2, 0.25) is 0 Å². The quantitative estimate of drug-likeness (QED) is 0.139. The van der Waals surface area contributed by atoms with Gasteiger partial charge < -0.3 is 10.6 Å². The van der Waals surface area contributed by atoms with Crippen LogP contribution in [0.4, 0.5) is 22.7 Å². The molecule has 0 aliphatic heterocycles. The van der Waals surface area contributed by atoms with Crippen molar-refractivity contribution in [2.24, 2.45) is 0 Å². The fourth-order valence-electron chi connectivity index (χ4n) is 7.15. The summed E-state index contributed by atoms with van der Waals surface area (Å²) in [6, 6.07) is 58.1. The lowest BCUT2D eigenvalue weighted by molar-refractivity contribution is 0.683. The van der Waals surface area contributed by atoms with Crippen LogP contribution >= 0.6 is 0 Å². The van der Waals surface area contributed by atoms with Crippen molar-refractivity contribution in [1.82, 2.24) is 0 Å². The third-order valence-electron chi connectivity index (χ3n) is 9.44. The van der Waals surface area contributed by atoms with Gasteiger partial charge in [-0.1, -0.05) is 103 Å². The first-order valence-corrected chi connectivity index (χ1v) is 16.1. The predicted octanol–water partition coefficient (Wildman–Crippen LogP) is 11.1. The SMILES string of the molecule is N#Cc1ccc(CC(Cc2ccc3ccc4c(N(c5ccccc5)c5ccc(N)cc5)ccc5ccc2c3c54)c2ccccc2)cc1. The minimum Gasteiger partial charge on any atom is -0.399 e. The third-order valence-corrected chi connectivity index (χ3v) is 9.44. The highest BCUT2D eigenvalue weighted by Crippen LogP contribution is 2.44. The molecule has 8 aromatic rings. The fourth-order valence-corrected chi connectivity index (χ4v) is 7.15. The number of para-hydroxylation sites is 1. The molecule has 1 unspecified atom stereocenters. The molecule has 3 heteroatoms. The molecule has 0 aliphatic carbocycles. The lowest BCUT2D eigenvalue weighted by Gasteiger charge is -2.28. The van der Waals surface area contributed by atoms with Gasteiger partial charge in [-0.15, -0.1) is 0 Å². The van der Waals surface area contributed by atoms with Crippen LogP contribution in [0.15, 0.2) is 158 Å². The van der Waals surface area contributed by atoms with Crippen LogP contribution in [0.5, 0.6) is 0 Å². The molecule has 2 N–H and O–H groups in total. The maximum Gasteiger partial charge on any atom is 0.0991 e. The van der Waals surface area contributed by atoms with E-state index >= 15 is 0 Å². The van der Waals surface area contributed by atoms with Crippen molar-refractivity contribution in [1.29, 1.82) is 5.26 Å². The van der Waals surface area contributed by atoms with E-state index in [0.29, 0.717) is 5.56 Å². The summed E-state index contributed by atoms with van der Waals surface area (Å²) >= 11 is 0. The lowest BCUT2D eigenvalue weighted by atomic mass is 9.83. The van der Waals surface area contributed by atoms with E-state index in [1.165, 1.54) is 49.0 Å². The topological polar surface area (TPSA) is 53.0 Å². The molecule has 0 saturated heterocycles. The number of hydrogen-bond acceptors (Lipinski definition) is 3. The summed E-state index contributed by atoms with van der Waals surface area (Å²) in [7, 11) is 0. The van der Waals surface area contributed by atoms with Gasteiger partial charge in [0.1, 0.15) is 0 Å². The van der Waals surface area contributed by atoms with E-state index in [4.69, 9.17) is 5.73 Å². The highest BCUT2D eigenvalue weighted by Gasteiger charge is 2.20. The molecule has 0 radical (unpaired) electrons. The molecule has 0 bridgehead atoms. The summed E-state index contributed by atoms with van der Waals surface area (Å²) in [4.78, 5) is 2.33. The minimum atomic E-state index is 0.289. The van der Waals surface area contributed by atoms with E-state index in [0.717, 1.165) is 35.6 Å². The van der Waals surface area contributed by atoms with Crippen LogP contribution in [0.3, 0.4) is 0 Å². The number of nitrogens with two attached hydrogens (primary N) is 1. The van der Waals surface area contributed by atoms with E-state index in [1.807, 2.05) is 24.3 Å². The molecule has 224 valence electrons. The number of rotatable bonds is 8. The molecule has 0 aromatic heterocycles. The van der Waals surface area contributed by atoms with Crippen LogP contribution in [0.1, 0.15) is 28.2 Å². The van der Waals surface area contributed by atoms with Crippen molar-refractivity contribution in [3.05, 3.63) is 180 Å². The van der Waals surface area contributed by atoms with Crippen molar-refractivity contribution in [2.75, 3.05) is 10.6 Å². The highest BCUT2D eigenvalue weighted by molar-refractivity contribution is 6.26. The molecule has 0 amide bonds. The van der Waals surface area contributed by atoms with Gasteiger partial charge in [0.2, 0.25) is 0 Å². The maximum atomic E-state index is 9.32. The molecule has 3 nitrogen and oxygen atoms in total. The van der Waals surface area contributed by atoms with Crippen LogP contribution in [-0.2, 0) is 12.8 Å². The van der Waals surface area contributed by atoms with Gasteiger partial charge in [-0.3, -0.25) is 0 Å². The summed E-state index contributed by atoms with van der Waals surface area (Å²) in [6.45, 7) is 0. The zero-order chi connectivity index (χ0) is 31.7. The zero-order valence-electron chi connectivity index (χ0n) is 26.0. The number of nitrogen functional groups attached to an aromatic ring is 1. The standard InChI is InChI=1S/C44H33N3/c45-29-31-13-11-30(12-14-31)27-36(32-7-3-1-4-8-32)28-35-16-15-33-18-25-41-42(26-19-34-17-24-40(35)43(33)44(34)41)47(38-9-5-2-6-10-38)39-22-20-37(46)21-23-39/h1-26,36H,27-28,46H2. The Balaban J connectivity index is 1.28. The molecule has 8 aromatic carbocycles. The number of anilines is 4. The Hall–Kier alpha value is -6.11. The van der Waals surface area contributed by atoms with E-state index in [1.54, 1.807) is 0 Å². The second-order valence-electron chi connectivity index (χ2n) is 12.3. The second-order valence-corrected chi connectivity index (χ2v) is 12.3. The largest absolute Gasteiger partial charge is 0.399 e. The normalized spacial score (nSPS) is 12.0. The van der Waals surface area contributed by atoms with Gasteiger partial charge in [0, 0.05) is 22.4 Å². The summed E-state index contributed by atoms with van der Waals surface area (Å²) in [5.41, 5.74) is 14.8. The minimum absolute atomic E-state index is 0.289. The Morgan fingerprint density at radius 2 is 1.15 bits per heavy atom. The van der Waals surface area contributed by atoms with E-state index < -0.39 is 0 Å². The molecule has 0 spiro atoms. The first kappa shape index (κ1) is 28.4. The third kappa shape index (κ3) is 5.31. The zero-order valence-corrected chi connectivity index (χ0v) is 26.0. The molecule has 0 saturated carbocycles. The Labute approximate surface area is 275 Å². The maximum absolute atomic E-state index is 9.32. The van der Waals surface area contributed by atoms with Gasteiger partial charge in [-0.25, -0.2) is 0 Å². The molecule has 0 aliphatic rings. The Bertz CT molecular complexity index is 2350. The molecule has 0 heterocycles. The molecule has 0 fully saturated rings. The predicted molar refractivity (Wildman–Crippen MR) is 197 cm³/mol. The van der Waals surface area contributed by atoms with Gasteiger partial charge in [0.25, 0.3) is 0 Å².